The Hall–Kier alpha value is -2.96. The number of likely N-dealkylation sites (tertiary alicyclic amines) is 1. The molecule has 0 radical (unpaired) electrons. The van der Waals surface area contributed by atoms with Gasteiger partial charge in [-0.15, -0.1) is 0 Å². The third-order valence-electron chi connectivity index (χ3n) is 4.82. The number of nitrogens with zero attached hydrogens (tertiary/aromatic N) is 4. The van der Waals surface area contributed by atoms with E-state index in [4.69, 9.17) is 4.74 Å². The lowest BCUT2D eigenvalue weighted by molar-refractivity contribution is -0.143. The lowest BCUT2D eigenvalue weighted by Gasteiger charge is -2.34. The maximum atomic E-state index is 12.9. The molecule has 2 aromatic rings. The highest BCUT2D eigenvalue weighted by Crippen LogP contribution is 2.25. The van der Waals surface area contributed by atoms with Crippen LogP contribution in [0.15, 0.2) is 42.9 Å². The molecule has 1 atom stereocenters. The molecular weight excluding hydrogens is 344 g/mol. The van der Waals surface area contributed by atoms with E-state index in [0.29, 0.717) is 32.5 Å². The summed E-state index contributed by atoms with van der Waals surface area (Å²) in [5.74, 6) is 0.651. The molecule has 3 rings (SSSR count). The summed E-state index contributed by atoms with van der Waals surface area (Å²) in [6.07, 6.45) is 4.10. The smallest absolute Gasteiger partial charge is 0.227 e. The van der Waals surface area contributed by atoms with Crippen LogP contribution in [0.3, 0.4) is 0 Å². The molecule has 1 unspecified atom stereocenters. The van der Waals surface area contributed by atoms with E-state index in [0.717, 1.165) is 17.0 Å². The largest absolute Gasteiger partial charge is 0.496 e. The van der Waals surface area contributed by atoms with Crippen molar-refractivity contribution >= 4 is 11.8 Å². The van der Waals surface area contributed by atoms with Gasteiger partial charge in [-0.3, -0.25) is 9.59 Å². The fraction of sp³-hybridized carbons (Fsp3) is 0.400. The third-order valence-corrected chi connectivity index (χ3v) is 4.82. The third kappa shape index (κ3) is 4.61. The van der Waals surface area contributed by atoms with E-state index in [1.165, 1.54) is 6.33 Å². The van der Waals surface area contributed by atoms with Crippen LogP contribution in [0.25, 0.3) is 0 Å². The Morgan fingerprint density at radius 2 is 2.15 bits per heavy atom. The van der Waals surface area contributed by atoms with E-state index < -0.39 is 0 Å². The Morgan fingerprint density at radius 3 is 2.89 bits per heavy atom. The van der Waals surface area contributed by atoms with Crippen LogP contribution in [0.4, 0.5) is 0 Å². The van der Waals surface area contributed by atoms with E-state index in [9.17, 15) is 9.59 Å². The van der Waals surface area contributed by atoms with Crippen molar-refractivity contribution in [2.24, 2.45) is 5.92 Å². The first kappa shape index (κ1) is 18.8. The molecular formula is C20H24N4O3. The standard InChI is InChI=1S/C20H24N4O3/c1-23(13-17-9-10-21-14-22-17)20(26)16-7-8-19(25)24(12-16)11-15-5-3-4-6-18(15)27-2/h3-6,9-10,14,16H,7-8,11-13H2,1-2H3. The Labute approximate surface area is 159 Å². The van der Waals surface area contributed by atoms with Crippen molar-refractivity contribution < 1.29 is 14.3 Å². The lowest BCUT2D eigenvalue weighted by atomic mass is 9.95. The number of piperidine rings is 1. The molecule has 27 heavy (non-hydrogen) atoms. The van der Waals surface area contributed by atoms with E-state index in [1.54, 1.807) is 36.2 Å². The number of hydrogen-bond acceptors (Lipinski definition) is 5. The van der Waals surface area contributed by atoms with Gasteiger partial charge in [-0.25, -0.2) is 9.97 Å². The molecule has 0 N–H and O–H groups in total. The molecule has 1 fully saturated rings. The molecule has 7 nitrogen and oxygen atoms in total. The molecule has 0 bridgehead atoms. The van der Waals surface area contributed by atoms with E-state index >= 15 is 0 Å². The summed E-state index contributed by atoms with van der Waals surface area (Å²) in [4.78, 5) is 36.7. The number of carbonyl (C=O) groups is 2. The van der Waals surface area contributed by atoms with Gasteiger partial charge in [0.25, 0.3) is 0 Å². The molecule has 0 aliphatic carbocycles. The molecule has 0 spiro atoms. The van der Waals surface area contributed by atoms with Gasteiger partial charge >= 0.3 is 0 Å². The zero-order valence-corrected chi connectivity index (χ0v) is 15.7. The number of methoxy groups -OCH3 is 1. The van der Waals surface area contributed by atoms with Gasteiger partial charge in [0.15, 0.2) is 0 Å². The first-order valence-corrected chi connectivity index (χ1v) is 8.98. The summed E-state index contributed by atoms with van der Waals surface area (Å²) >= 11 is 0. The molecule has 2 amide bonds. The summed E-state index contributed by atoms with van der Waals surface area (Å²) in [5, 5.41) is 0. The molecule has 1 saturated heterocycles. The maximum absolute atomic E-state index is 12.9. The van der Waals surface area contributed by atoms with Gasteiger partial charge in [-0.1, -0.05) is 18.2 Å². The topological polar surface area (TPSA) is 75.6 Å². The Bertz CT molecular complexity index is 797. The van der Waals surface area contributed by atoms with Crippen LogP contribution in [0.2, 0.25) is 0 Å². The molecule has 1 aromatic carbocycles. The van der Waals surface area contributed by atoms with Gasteiger partial charge in [-0.2, -0.15) is 0 Å². The zero-order valence-electron chi connectivity index (χ0n) is 15.7. The second-order valence-electron chi connectivity index (χ2n) is 6.72. The highest BCUT2D eigenvalue weighted by atomic mass is 16.5. The predicted octanol–water partition coefficient (Wildman–Crippen LogP) is 1.88. The fourth-order valence-electron chi connectivity index (χ4n) is 3.35. The number of rotatable bonds is 6. The van der Waals surface area contributed by atoms with Crippen LogP contribution in [-0.4, -0.2) is 52.3 Å². The van der Waals surface area contributed by atoms with Crippen LogP contribution in [0.5, 0.6) is 5.75 Å². The highest BCUT2D eigenvalue weighted by Gasteiger charge is 2.32. The lowest BCUT2D eigenvalue weighted by Crippen LogP contribution is -2.45. The van der Waals surface area contributed by atoms with E-state index in [-0.39, 0.29) is 17.7 Å². The Morgan fingerprint density at radius 1 is 1.33 bits per heavy atom. The number of carbonyl (C=O) groups excluding carboxylic acids is 2. The van der Waals surface area contributed by atoms with Crippen molar-refractivity contribution in [2.75, 3.05) is 20.7 Å². The van der Waals surface area contributed by atoms with Crippen LogP contribution in [0, 0.1) is 5.92 Å². The number of benzene rings is 1. The normalized spacial score (nSPS) is 16.9. The van der Waals surface area contributed by atoms with Crippen molar-refractivity contribution in [3.05, 3.63) is 54.1 Å². The van der Waals surface area contributed by atoms with Gasteiger partial charge in [0.2, 0.25) is 11.8 Å². The summed E-state index contributed by atoms with van der Waals surface area (Å²) in [6.45, 7) is 1.30. The minimum atomic E-state index is -0.204. The van der Waals surface area contributed by atoms with Crippen molar-refractivity contribution in [3.63, 3.8) is 0 Å². The molecule has 0 saturated carbocycles. The average molecular weight is 368 g/mol. The van der Waals surface area contributed by atoms with Crippen molar-refractivity contribution in [1.29, 1.82) is 0 Å². The van der Waals surface area contributed by atoms with Gasteiger partial charge < -0.3 is 14.5 Å². The quantitative estimate of drug-likeness (QED) is 0.778. The Kier molecular flexibility index (Phi) is 6.01. The van der Waals surface area contributed by atoms with Gasteiger partial charge in [0.05, 0.1) is 25.3 Å². The average Bonchev–Trinajstić information content (AvgIpc) is 2.70. The van der Waals surface area contributed by atoms with Gasteiger partial charge in [0, 0.05) is 38.3 Å². The first-order chi connectivity index (χ1) is 13.1. The van der Waals surface area contributed by atoms with Crippen molar-refractivity contribution in [1.82, 2.24) is 19.8 Å². The minimum Gasteiger partial charge on any atom is -0.496 e. The van der Waals surface area contributed by atoms with Crippen molar-refractivity contribution in [2.45, 2.75) is 25.9 Å². The molecule has 2 heterocycles. The van der Waals surface area contributed by atoms with E-state index in [2.05, 4.69) is 9.97 Å². The highest BCUT2D eigenvalue weighted by molar-refractivity contribution is 5.83. The van der Waals surface area contributed by atoms with Crippen LogP contribution < -0.4 is 4.74 Å². The molecule has 1 aliphatic rings. The van der Waals surface area contributed by atoms with Gasteiger partial charge in [-0.05, 0) is 18.6 Å². The van der Waals surface area contributed by atoms with Crippen LogP contribution in [-0.2, 0) is 22.7 Å². The number of amides is 2. The molecule has 142 valence electrons. The summed E-state index contributed by atoms with van der Waals surface area (Å²) in [6, 6.07) is 9.43. The first-order valence-electron chi connectivity index (χ1n) is 8.98. The summed E-state index contributed by atoms with van der Waals surface area (Å²) in [7, 11) is 3.39. The number of aromatic nitrogens is 2. The van der Waals surface area contributed by atoms with E-state index in [1.807, 2.05) is 24.3 Å². The minimum absolute atomic E-state index is 0.0335. The summed E-state index contributed by atoms with van der Waals surface area (Å²) in [5.41, 5.74) is 1.73. The number of hydrogen-bond donors (Lipinski definition) is 0. The number of para-hydroxylation sites is 1. The fourth-order valence-corrected chi connectivity index (χ4v) is 3.35. The molecule has 1 aromatic heterocycles. The monoisotopic (exact) mass is 368 g/mol. The zero-order chi connectivity index (χ0) is 19.2. The van der Waals surface area contributed by atoms with Gasteiger partial charge in [0.1, 0.15) is 12.1 Å². The summed E-state index contributed by atoms with van der Waals surface area (Å²) < 4.78 is 5.38. The SMILES string of the molecule is COc1ccccc1CN1CC(C(=O)N(C)Cc2ccncn2)CCC1=O. The maximum Gasteiger partial charge on any atom is 0.227 e. The molecule has 1 aliphatic heterocycles. The van der Waals surface area contributed by atoms with Crippen molar-refractivity contribution in [3.8, 4) is 5.75 Å². The number of ether oxygens (including phenoxy) is 1. The van der Waals surface area contributed by atoms with Crippen LogP contribution >= 0.6 is 0 Å². The second-order valence-corrected chi connectivity index (χ2v) is 6.72. The molecule has 7 heteroatoms. The van der Waals surface area contributed by atoms with Crippen LogP contribution in [0.1, 0.15) is 24.1 Å². The second kappa shape index (κ2) is 8.62. The predicted molar refractivity (Wildman–Crippen MR) is 99.6 cm³/mol. The Balaban J connectivity index is 1.65.